The van der Waals surface area contributed by atoms with Gasteiger partial charge in [0.15, 0.2) is 0 Å². The van der Waals surface area contributed by atoms with Crippen molar-refractivity contribution in [3.8, 4) is 11.3 Å². The molecule has 1 fully saturated rings. The zero-order valence-electron chi connectivity index (χ0n) is 10.8. The fourth-order valence-corrected chi connectivity index (χ4v) is 4.40. The molecule has 6 heteroatoms. The molecule has 1 aliphatic heterocycles. The van der Waals surface area contributed by atoms with Gasteiger partial charge in [0, 0.05) is 0 Å². The van der Waals surface area contributed by atoms with E-state index in [1.165, 1.54) is 17.2 Å². The van der Waals surface area contributed by atoms with Crippen LogP contribution in [-0.4, -0.2) is 36.7 Å². The summed E-state index contributed by atoms with van der Waals surface area (Å²) in [7, 11) is 0. The second kappa shape index (κ2) is 6.81. The fraction of sp³-hybridized carbons (Fsp3) is 0.286. The van der Waals surface area contributed by atoms with Crippen molar-refractivity contribution in [2.24, 2.45) is 5.10 Å². The average Bonchev–Trinajstić information content (AvgIpc) is 2.96. The number of rotatable bonds is 3. The standard InChI is InChI=1S/C14H14ClN3SSe/c15-11-3-1-10(2-4-11)13-9-20-14(16-13)18-17-12-5-7-19-8-6-12/h1-4,9H,5-8H2,(H,16,18). The van der Waals surface area contributed by atoms with Crippen molar-refractivity contribution in [1.29, 1.82) is 0 Å². The number of hydrogen-bond donors (Lipinski definition) is 1. The molecule has 1 N–H and O–H groups in total. The molecule has 104 valence electrons. The number of aromatic nitrogens is 1. The molecule has 1 aromatic carbocycles. The van der Waals surface area contributed by atoms with Crippen LogP contribution in [0.2, 0.25) is 5.02 Å². The molecule has 0 unspecified atom stereocenters. The molecule has 0 aliphatic carbocycles. The van der Waals surface area contributed by atoms with E-state index in [9.17, 15) is 0 Å². The number of anilines is 1. The van der Waals surface area contributed by atoms with Gasteiger partial charge in [0.1, 0.15) is 0 Å². The summed E-state index contributed by atoms with van der Waals surface area (Å²) in [5, 5.41) is 5.24. The van der Waals surface area contributed by atoms with Crippen molar-refractivity contribution in [2.75, 3.05) is 16.9 Å². The Labute approximate surface area is 133 Å². The quantitative estimate of drug-likeness (QED) is 0.660. The van der Waals surface area contributed by atoms with Gasteiger partial charge in [-0.3, -0.25) is 0 Å². The summed E-state index contributed by atoms with van der Waals surface area (Å²) in [6, 6.07) is 7.79. The molecule has 1 aromatic heterocycles. The van der Waals surface area contributed by atoms with Crippen molar-refractivity contribution in [2.45, 2.75) is 12.8 Å². The molecule has 3 nitrogen and oxygen atoms in total. The summed E-state index contributed by atoms with van der Waals surface area (Å²) >= 11 is 8.14. The van der Waals surface area contributed by atoms with Gasteiger partial charge in [-0.15, -0.1) is 0 Å². The minimum atomic E-state index is 0.239. The van der Waals surface area contributed by atoms with Gasteiger partial charge in [0.2, 0.25) is 0 Å². The maximum absolute atomic E-state index is 5.90. The Hall–Kier alpha value is -0.741. The number of nitrogens with one attached hydrogen (secondary N) is 1. The Morgan fingerprint density at radius 3 is 2.70 bits per heavy atom. The van der Waals surface area contributed by atoms with E-state index >= 15 is 0 Å². The van der Waals surface area contributed by atoms with E-state index < -0.39 is 0 Å². The van der Waals surface area contributed by atoms with Crippen LogP contribution in [0.25, 0.3) is 11.3 Å². The van der Waals surface area contributed by atoms with Gasteiger partial charge in [-0.2, -0.15) is 0 Å². The number of thioether (sulfide) groups is 1. The third-order valence-corrected chi connectivity index (χ3v) is 5.83. The second-order valence-corrected chi connectivity index (χ2v) is 7.91. The van der Waals surface area contributed by atoms with Gasteiger partial charge in [-0.25, -0.2) is 0 Å². The molecule has 0 saturated carbocycles. The van der Waals surface area contributed by atoms with E-state index in [4.69, 9.17) is 11.6 Å². The van der Waals surface area contributed by atoms with E-state index in [2.05, 4.69) is 20.5 Å². The van der Waals surface area contributed by atoms with Crippen LogP contribution in [0, 0.1) is 0 Å². The van der Waals surface area contributed by atoms with Gasteiger partial charge >= 0.3 is 134 Å². The van der Waals surface area contributed by atoms with E-state index in [-0.39, 0.29) is 14.5 Å². The summed E-state index contributed by atoms with van der Waals surface area (Å²) < 4.78 is 0.980. The van der Waals surface area contributed by atoms with Crippen LogP contribution in [0.1, 0.15) is 12.8 Å². The van der Waals surface area contributed by atoms with Crippen LogP contribution in [0.15, 0.2) is 34.3 Å². The second-order valence-electron chi connectivity index (χ2n) is 4.45. The molecule has 1 saturated heterocycles. The zero-order chi connectivity index (χ0) is 13.8. The summed E-state index contributed by atoms with van der Waals surface area (Å²) in [5.41, 5.74) is 6.53. The molecule has 0 atom stereocenters. The van der Waals surface area contributed by atoms with E-state index in [1.807, 2.05) is 36.0 Å². The normalized spacial score (nSPS) is 15.2. The fourth-order valence-electron chi connectivity index (χ4n) is 1.92. The van der Waals surface area contributed by atoms with Gasteiger partial charge in [-0.1, -0.05) is 0 Å². The average molecular weight is 371 g/mol. The third kappa shape index (κ3) is 3.67. The molecule has 0 spiro atoms. The van der Waals surface area contributed by atoms with Crippen molar-refractivity contribution >= 4 is 48.3 Å². The molecule has 1 aliphatic rings. The van der Waals surface area contributed by atoms with E-state index in [0.717, 1.165) is 33.8 Å². The Bertz CT molecular complexity index is 601. The third-order valence-electron chi connectivity index (χ3n) is 3.02. The Morgan fingerprint density at radius 1 is 1.20 bits per heavy atom. The number of hydrazone groups is 1. The number of benzene rings is 1. The van der Waals surface area contributed by atoms with E-state index in [1.54, 1.807) is 0 Å². The van der Waals surface area contributed by atoms with Crippen LogP contribution < -0.4 is 5.43 Å². The topological polar surface area (TPSA) is 37.3 Å². The minimum absolute atomic E-state index is 0.239. The Balaban J connectivity index is 1.68. The molecule has 2 aromatic rings. The molecular formula is C14H14ClN3SSe. The van der Waals surface area contributed by atoms with Crippen molar-refractivity contribution < 1.29 is 0 Å². The first-order chi connectivity index (χ1) is 9.81. The summed E-state index contributed by atoms with van der Waals surface area (Å²) in [5.74, 6) is 2.37. The predicted molar refractivity (Wildman–Crippen MR) is 89.2 cm³/mol. The molecule has 0 radical (unpaired) electrons. The monoisotopic (exact) mass is 371 g/mol. The number of hydrogen-bond acceptors (Lipinski definition) is 4. The molecule has 0 bridgehead atoms. The zero-order valence-corrected chi connectivity index (χ0v) is 14.1. The van der Waals surface area contributed by atoms with Gasteiger partial charge in [0.05, 0.1) is 0 Å². The molecule has 20 heavy (non-hydrogen) atoms. The van der Waals surface area contributed by atoms with Crippen LogP contribution >= 0.6 is 23.4 Å². The number of halogens is 1. The first-order valence-electron chi connectivity index (χ1n) is 6.42. The van der Waals surface area contributed by atoms with Gasteiger partial charge in [-0.05, 0) is 0 Å². The van der Waals surface area contributed by atoms with Crippen molar-refractivity contribution in [1.82, 2.24) is 4.98 Å². The first kappa shape index (κ1) is 14.2. The Kier molecular flexibility index (Phi) is 4.84. The Morgan fingerprint density at radius 2 is 1.95 bits per heavy atom. The predicted octanol–water partition coefficient (Wildman–Crippen LogP) is 3.75. The van der Waals surface area contributed by atoms with Crippen molar-refractivity contribution in [3.63, 3.8) is 0 Å². The van der Waals surface area contributed by atoms with Crippen LogP contribution in [0.4, 0.5) is 4.69 Å². The number of nitrogens with zero attached hydrogens (tertiary/aromatic N) is 2. The van der Waals surface area contributed by atoms with Gasteiger partial charge in [0.25, 0.3) is 0 Å². The van der Waals surface area contributed by atoms with Crippen LogP contribution in [0.5, 0.6) is 0 Å². The van der Waals surface area contributed by atoms with E-state index in [0.29, 0.717) is 0 Å². The summed E-state index contributed by atoms with van der Waals surface area (Å²) in [4.78, 5) is 6.79. The van der Waals surface area contributed by atoms with Crippen LogP contribution in [-0.2, 0) is 0 Å². The van der Waals surface area contributed by atoms with Gasteiger partial charge < -0.3 is 0 Å². The van der Waals surface area contributed by atoms with Crippen LogP contribution in [0.3, 0.4) is 0 Å². The molecular weight excluding hydrogens is 357 g/mol. The summed E-state index contributed by atoms with van der Waals surface area (Å²) in [6.45, 7) is 0. The van der Waals surface area contributed by atoms with Crippen molar-refractivity contribution in [3.05, 3.63) is 34.2 Å². The molecule has 0 amide bonds. The first-order valence-corrected chi connectivity index (χ1v) is 9.80. The molecule has 3 rings (SSSR count). The maximum atomic E-state index is 5.90. The summed E-state index contributed by atoms with van der Waals surface area (Å²) in [6.07, 6.45) is 2.19. The molecule has 2 heterocycles. The SMILES string of the molecule is Clc1ccc(-c2c[se]c(NN=C3CCSCC3)n2)cc1.